The summed E-state index contributed by atoms with van der Waals surface area (Å²) >= 11 is 5.75. The lowest BCUT2D eigenvalue weighted by Gasteiger charge is -2.29. The summed E-state index contributed by atoms with van der Waals surface area (Å²) in [5.41, 5.74) is 6.05. The predicted molar refractivity (Wildman–Crippen MR) is 104 cm³/mol. The Balaban J connectivity index is 2.22. The third-order valence-electron chi connectivity index (χ3n) is 4.38. The molecule has 2 rings (SSSR count). The molecule has 0 fully saturated rings. The molecule has 1 heterocycles. The Bertz CT molecular complexity index is 833. The lowest BCUT2D eigenvalue weighted by molar-refractivity contribution is 0.0435. The van der Waals surface area contributed by atoms with E-state index in [0.29, 0.717) is 16.3 Å². The molecule has 150 valence electrons. The molecule has 0 aliphatic heterocycles. The molecule has 0 spiro atoms. The van der Waals surface area contributed by atoms with Crippen LogP contribution < -0.4 is 11.1 Å². The van der Waals surface area contributed by atoms with E-state index in [2.05, 4.69) is 10.3 Å². The smallest absolute Gasteiger partial charge is 0.279 e. The van der Waals surface area contributed by atoms with Crippen LogP contribution in [0.2, 0.25) is 5.02 Å². The molecule has 2 unspecified atom stereocenters. The second kappa shape index (κ2) is 9.45. The summed E-state index contributed by atoms with van der Waals surface area (Å²) in [6.45, 7) is 3.19. The topological polar surface area (TPSA) is 101 Å². The lowest BCUT2D eigenvalue weighted by atomic mass is 9.84. The number of nitrogens with two attached hydrogens (primary N) is 1. The maximum Gasteiger partial charge on any atom is 0.279 e. The van der Waals surface area contributed by atoms with Crippen LogP contribution in [-0.2, 0) is 4.74 Å². The second-order valence-electron chi connectivity index (χ2n) is 6.35. The number of alkyl halides is 2. The monoisotopic (exact) mass is 410 g/mol. The van der Waals surface area contributed by atoms with Crippen molar-refractivity contribution < 1.29 is 18.3 Å². The Morgan fingerprint density at radius 2 is 2.00 bits per heavy atom. The van der Waals surface area contributed by atoms with Gasteiger partial charge in [0.2, 0.25) is 6.43 Å². The van der Waals surface area contributed by atoms with Gasteiger partial charge in [0.25, 0.3) is 11.9 Å². The highest BCUT2D eigenvalue weighted by atomic mass is 35.5. The fourth-order valence-corrected chi connectivity index (χ4v) is 2.92. The summed E-state index contributed by atoms with van der Waals surface area (Å²) in [5, 5.41) is 10.2. The minimum absolute atomic E-state index is 0.150. The van der Waals surface area contributed by atoms with Crippen LogP contribution in [0.25, 0.3) is 0 Å². The van der Waals surface area contributed by atoms with E-state index in [1.807, 2.05) is 0 Å². The highest BCUT2D eigenvalue weighted by Crippen LogP contribution is 2.35. The average Bonchev–Trinajstić information content (AvgIpc) is 2.61. The van der Waals surface area contributed by atoms with Gasteiger partial charge >= 0.3 is 0 Å². The lowest BCUT2D eigenvalue weighted by Crippen LogP contribution is -2.32. The Labute approximate surface area is 166 Å². The Kier molecular flexibility index (Phi) is 7.28. The number of amides is 1. The number of amidine groups is 1. The van der Waals surface area contributed by atoms with Crippen molar-refractivity contribution in [1.29, 1.82) is 5.41 Å². The van der Waals surface area contributed by atoms with Gasteiger partial charge in [-0.2, -0.15) is 0 Å². The minimum atomic E-state index is -2.67. The first-order valence-corrected chi connectivity index (χ1v) is 8.88. The van der Waals surface area contributed by atoms with E-state index >= 15 is 0 Å². The Morgan fingerprint density at radius 1 is 1.29 bits per heavy atom. The number of carbonyl (C=O) groups is 1. The summed E-state index contributed by atoms with van der Waals surface area (Å²) in [7, 11) is 0. The molecule has 1 aromatic carbocycles. The zero-order valence-corrected chi connectivity index (χ0v) is 16.1. The van der Waals surface area contributed by atoms with E-state index in [-0.39, 0.29) is 5.69 Å². The van der Waals surface area contributed by atoms with Crippen molar-refractivity contribution in [1.82, 2.24) is 4.98 Å². The molecule has 0 saturated heterocycles. The molecular formula is C19H21ClF2N4O2. The fraction of sp³-hybridized carbons (Fsp3) is 0.316. The quantitative estimate of drug-likeness (QED) is 0.468. The van der Waals surface area contributed by atoms with Gasteiger partial charge in [0.15, 0.2) is 0 Å². The second-order valence-corrected chi connectivity index (χ2v) is 6.78. The molecule has 6 nitrogen and oxygen atoms in total. The summed E-state index contributed by atoms with van der Waals surface area (Å²) in [6.07, 6.45) is -2.01. The van der Waals surface area contributed by atoms with Gasteiger partial charge in [-0.25, -0.2) is 13.8 Å². The number of aromatic nitrogens is 1. The highest BCUT2D eigenvalue weighted by molar-refractivity contribution is 6.30. The van der Waals surface area contributed by atoms with Crippen molar-refractivity contribution in [2.75, 3.05) is 5.32 Å². The number of pyridine rings is 1. The number of carbonyl (C=O) groups excluding carboxylic acids is 1. The average molecular weight is 411 g/mol. The summed E-state index contributed by atoms with van der Waals surface area (Å²) in [5.74, 6) is -2.28. The van der Waals surface area contributed by atoms with E-state index in [1.54, 1.807) is 32.0 Å². The zero-order valence-electron chi connectivity index (χ0n) is 15.3. The third-order valence-corrected chi connectivity index (χ3v) is 4.60. The van der Waals surface area contributed by atoms with Crippen LogP contribution in [0, 0.1) is 11.3 Å². The van der Waals surface area contributed by atoms with Crippen LogP contribution in [0.15, 0.2) is 42.6 Å². The molecule has 1 aromatic heterocycles. The van der Waals surface area contributed by atoms with Crippen LogP contribution in [0.5, 0.6) is 0 Å². The molecule has 28 heavy (non-hydrogen) atoms. The zero-order chi connectivity index (χ0) is 20.8. The molecule has 9 heteroatoms. The van der Waals surface area contributed by atoms with Crippen LogP contribution in [0.1, 0.15) is 35.8 Å². The number of benzene rings is 1. The molecule has 0 aliphatic carbocycles. The highest BCUT2D eigenvalue weighted by Gasteiger charge is 2.33. The Morgan fingerprint density at radius 3 is 2.57 bits per heavy atom. The predicted octanol–water partition coefficient (Wildman–Crippen LogP) is 4.27. The van der Waals surface area contributed by atoms with Crippen LogP contribution in [0.4, 0.5) is 14.5 Å². The number of halogens is 3. The van der Waals surface area contributed by atoms with Crippen molar-refractivity contribution >= 4 is 29.2 Å². The molecule has 3 atom stereocenters. The van der Waals surface area contributed by atoms with Crippen molar-refractivity contribution in [3.8, 4) is 0 Å². The first-order chi connectivity index (χ1) is 13.2. The SMILES string of the molecule is CC(OC(=N)N)[C@@H](C)C(c1cccc(NC(=O)c2ccc(Cl)cn2)c1)C(F)F. The maximum atomic E-state index is 13.8. The first-order valence-electron chi connectivity index (χ1n) is 8.50. The molecular weight excluding hydrogens is 390 g/mol. The van der Waals surface area contributed by atoms with Crippen LogP contribution in [-0.4, -0.2) is 29.4 Å². The number of hydrogen-bond donors (Lipinski definition) is 3. The van der Waals surface area contributed by atoms with Crippen molar-refractivity contribution in [3.05, 3.63) is 58.9 Å². The van der Waals surface area contributed by atoms with Gasteiger partial charge in [0, 0.05) is 17.8 Å². The molecule has 0 bridgehead atoms. The first kappa shape index (κ1) is 21.6. The maximum absolute atomic E-state index is 13.8. The normalized spacial score (nSPS) is 14.2. The number of ether oxygens (including phenoxy) is 1. The van der Waals surface area contributed by atoms with E-state index < -0.39 is 36.3 Å². The fourth-order valence-electron chi connectivity index (χ4n) is 2.81. The molecule has 0 saturated carbocycles. The van der Waals surface area contributed by atoms with Gasteiger partial charge in [-0.15, -0.1) is 0 Å². The van der Waals surface area contributed by atoms with Gasteiger partial charge in [-0.3, -0.25) is 10.2 Å². The number of nitrogens with zero attached hydrogens (tertiary/aromatic N) is 1. The van der Waals surface area contributed by atoms with Crippen LogP contribution in [0.3, 0.4) is 0 Å². The number of anilines is 1. The standard InChI is InChI=1S/C19H21ClF2N4O2/c1-10(11(2)28-19(23)24)16(17(21)22)12-4-3-5-14(8-12)26-18(27)15-7-6-13(20)9-25-15/h3-11,16-17H,1-2H3,(H3,23,24)(H,26,27)/t10-,11?,16?/m1/s1. The van der Waals surface area contributed by atoms with E-state index in [4.69, 9.17) is 27.5 Å². The van der Waals surface area contributed by atoms with E-state index in [9.17, 15) is 13.6 Å². The van der Waals surface area contributed by atoms with Crippen LogP contribution >= 0.6 is 11.6 Å². The largest absolute Gasteiger partial charge is 0.462 e. The van der Waals surface area contributed by atoms with Gasteiger partial charge in [-0.05, 0) is 36.8 Å². The summed E-state index contributed by atoms with van der Waals surface area (Å²) < 4.78 is 32.6. The minimum Gasteiger partial charge on any atom is -0.462 e. The van der Waals surface area contributed by atoms with Crippen molar-refractivity contribution in [2.24, 2.45) is 11.7 Å². The molecule has 1 amide bonds. The summed E-state index contributed by atoms with van der Waals surface area (Å²) in [4.78, 5) is 16.2. The Hall–Kier alpha value is -2.74. The van der Waals surface area contributed by atoms with Gasteiger partial charge in [-0.1, -0.05) is 30.7 Å². The van der Waals surface area contributed by atoms with E-state index in [0.717, 1.165) is 0 Å². The number of rotatable bonds is 7. The van der Waals surface area contributed by atoms with E-state index in [1.165, 1.54) is 24.4 Å². The molecule has 0 radical (unpaired) electrons. The van der Waals surface area contributed by atoms with Crippen molar-refractivity contribution in [2.45, 2.75) is 32.3 Å². The third kappa shape index (κ3) is 5.63. The molecule has 0 aliphatic rings. The van der Waals surface area contributed by atoms with Gasteiger partial charge in [0.1, 0.15) is 11.8 Å². The summed E-state index contributed by atoms with van der Waals surface area (Å²) in [6, 6.07) is 8.70. The number of hydrogen-bond acceptors (Lipinski definition) is 4. The van der Waals surface area contributed by atoms with Crippen molar-refractivity contribution in [3.63, 3.8) is 0 Å². The molecule has 4 N–H and O–H groups in total. The van der Waals surface area contributed by atoms with Gasteiger partial charge < -0.3 is 15.8 Å². The number of nitrogens with one attached hydrogen (secondary N) is 2. The molecule has 2 aromatic rings. The van der Waals surface area contributed by atoms with Gasteiger partial charge in [0.05, 0.1) is 10.9 Å².